The zero-order chi connectivity index (χ0) is 11.7. The van der Waals surface area contributed by atoms with Gasteiger partial charge in [0.15, 0.2) is 0 Å². The van der Waals surface area contributed by atoms with Crippen LogP contribution in [0.1, 0.15) is 25.1 Å². The molecule has 17 heavy (non-hydrogen) atoms. The van der Waals surface area contributed by atoms with Gasteiger partial charge in [-0.3, -0.25) is 4.98 Å². The van der Waals surface area contributed by atoms with Crippen molar-refractivity contribution < 1.29 is 9.26 Å². The van der Waals surface area contributed by atoms with E-state index in [0.717, 1.165) is 19.3 Å². The zero-order valence-corrected chi connectivity index (χ0v) is 9.46. The SMILES string of the molecule is COC1(c2noc(-c3cnccn3)n2)CCC1. The zero-order valence-electron chi connectivity index (χ0n) is 9.46. The van der Waals surface area contributed by atoms with Crippen LogP contribution in [0.5, 0.6) is 0 Å². The topological polar surface area (TPSA) is 73.9 Å². The highest BCUT2D eigenvalue weighted by Gasteiger charge is 2.43. The van der Waals surface area contributed by atoms with Crippen molar-refractivity contribution in [2.75, 3.05) is 7.11 Å². The quantitative estimate of drug-likeness (QED) is 0.799. The number of rotatable bonds is 3. The Kier molecular flexibility index (Phi) is 2.36. The molecule has 0 radical (unpaired) electrons. The van der Waals surface area contributed by atoms with Crippen LogP contribution < -0.4 is 0 Å². The van der Waals surface area contributed by atoms with E-state index in [-0.39, 0.29) is 5.60 Å². The molecule has 1 aliphatic rings. The second kappa shape index (κ2) is 3.89. The Balaban J connectivity index is 1.93. The first-order chi connectivity index (χ1) is 8.34. The van der Waals surface area contributed by atoms with Crippen molar-refractivity contribution in [1.29, 1.82) is 0 Å². The molecule has 0 bridgehead atoms. The molecule has 1 aliphatic carbocycles. The van der Waals surface area contributed by atoms with Crippen LogP contribution in [0.2, 0.25) is 0 Å². The maximum atomic E-state index is 5.49. The first kappa shape index (κ1) is 10.3. The Morgan fingerprint density at radius 3 is 2.82 bits per heavy atom. The summed E-state index contributed by atoms with van der Waals surface area (Å²) in [6.45, 7) is 0. The van der Waals surface area contributed by atoms with E-state index in [0.29, 0.717) is 17.4 Å². The lowest BCUT2D eigenvalue weighted by molar-refractivity contribution is -0.0858. The van der Waals surface area contributed by atoms with Gasteiger partial charge in [0.2, 0.25) is 5.82 Å². The molecule has 0 atom stereocenters. The fraction of sp³-hybridized carbons (Fsp3) is 0.455. The molecule has 1 fully saturated rings. The average Bonchev–Trinajstić information content (AvgIpc) is 2.80. The van der Waals surface area contributed by atoms with Crippen LogP contribution in [-0.4, -0.2) is 27.2 Å². The molecule has 2 aromatic heterocycles. The van der Waals surface area contributed by atoms with Gasteiger partial charge < -0.3 is 9.26 Å². The van der Waals surface area contributed by atoms with Crippen molar-refractivity contribution in [3.63, 3.8) is 0 Å². The monoisotopic (exact) mass is 232 g/mol. The van der Waals surface area contributed by atoms with E-state index in [9.17, 15) is 0 Å². The van der Waals surface area contributed by atoms with Gasteiger partial charge in [-0.05, 0) is 19.3 Å². The first-order valence-corrected chi connectivity index (χ1v) is 5.50. The van der Waals surface area contributed by atoms with E-state index < -0.39 is 0 Å². The Morgan fingerprint density at radius 2 is 2.24 bits per heavy atom. The summed E-state index contributed by atoms with van der Waals surface area (Å²) in [5, 5.41) is 3.98. The van der Waals surface area contributed by atoms with Gasteiger partial charge in [-0.25, -0.2) is 4.98 Å². The molecular weight excluding hydrogens is 220 g/mol. The number of ether oxygens (including phenoxy) is 1. The third-order valence-electron chi connectivity index (χ3n) is 3.17. The minimum Gasteiger partial charge on any atom is -0.370 e. The van der Waals surface area contributed by atoms with Crippen molar-refractivity contribution in [1.82, 2.24) is 20.1 Å². The van der Waals surface area contributed by atoms with Crippen molar-refractivity contribution in [3.8, 4) is 11.6 Å². The number of hydrogen-bond donors (Lipinski definition) is 0. The van der Waals surface area contributed by atoms with Gasteiger partial charge in [0, 0.05) is 19.5 Å². The summed E-state index contributed by atoms with van der Waals surface area (Å²) >= 11 is 0. The van der Waals surface area contributed by atoms with Crippen molar-refractivity contribution >= 4 is 0 Å². The molecule has 0 N–H and O–H groups in total. The maximum absolute atomic E-state index is 5.49. The summed E-state index contributed by atoms with van der Waals surface area (Å²) in [5.74, 6) is 0.989. The highest BCUT2D eigenvalue weighted by molar-refractivity contribution is 5.43. The Bertz CT molecular complexity index is 502. The summed E-state index contributed by atoms with van der Waals surface area (Å²) in [6.07, 6.45) is 7.78. The number of hydrogen-bond acceptors (Lipinski definition) is 6. The fourth-order valence-corrected chi connectivity index (χ4v) is 1.94. The summed E-state index contributed by atoms with van der Waals surface area (Å²) in [6, 6.07) is 0. The van der Waals surface area contributed by atoms with Gasteiger partial charge in [0.1, 0.15) is 11.3 Å². The van der Waals surface area contributed by atoms with Gasteiger partial charge in [-0.1, -0.05) is 5.16 Å². The van der Waals surface area contributed by atoms with Crippen LogP contribution >= 0.6 is 0 Å². The maximum Gasteiger partial charge on any atom is 0.278 e. The summed E-state index contributed by atoms with van der Waals surface area (Å²) in [5.41, 5.74) is 0.223. The minimum absolute atomic E-state index is 0.357. The number of methoxy groups -OCH3 is 1. The van der Waals surface area contributed by atoms with E-state index in [1.807, 2.05) is 0 Å². The average molecular weight is 232 g/mol. The van der Waals surface area contributed by atoms with Gasteiger partial charge in [-0.15, -0.1) is 0 Å². The summed E-state index contributed by atoms with van der Waals surface area (Å²) in [7, 11) is 1.68. The van der Waals surface area contributed by atoms with Crippen LogP contribution in [0.15, 0.2) is 23.1 Å². The molecule has 0 aromatic carbocycles. The minimum atomic E-state index is -0.357. The molecule has 0 spiro atoms. The molecule has 3 rings (SSSR count). The van der Waals surface area contributed by atoms with Crippen molar-refractivity contribution in [3.05, 3.63) is 24.4 Å². The molecule has 1 saturated carbocycles. The molecule has 2 heterocycles. The van der Waals surface area contributed by atoms with E-state index in [2.05, 4.69) is 20.1 Å². The van der Waals surface area contributed by atoms with Gasteiger partial charge in [0.05, 0.1) is 6.20 Å². The fourth-order valence-electron chi connectivity index (χ4n) is 1.94. The van der Waals surface area contributed by atoms with Crippen molar-refractivity contribution in [2.45, 2.75) is 24.9 Å². The number of nitrogens with zero attached hydrogens (tertiary/aromatic N) is 4. The molecule has 2 aromatic rings. The molecule has 6 nitrogen and oxygen atoms in total. The highest BCUT2D eigenvalue weighted by atomic mass is 16.5. The predicted octanol–water partition coefficient (Wildman–Crippen LogP) is 1.55. The summed E-state index contributed by atoms with van der Waals surface area (Å²) < 4.78 is 10.7. The van der Waals surface area contributed by atoms with E-state index in [1.165, 1.54) is 0 Å². The van der Waals surface area contributed by atoms with Gasteiger partial charge >= 0.3 is 0 Å². The second-order valence-electron chi connectivity index (χ2n) is 4.07. The third-order valence-corrected chi connectivity index (χ3v) is 3.17. The normalized spacial score (nSPS) is 17.7. The molecule has 88 valence electrons. The van der Waals surface area contributed by atoms with Crippen molar-refractivity contribution in [2.24, 2.45) is 0 Å². The van der Waals surface area contributed by atoms with Crippen LogP contribution in [0.25, 0.3) is 11.6 Å². The van der Waals surface area contributed by atoms with Crippen LogP contribution in [0.3, 0.4) is 0 Å². The second-order valence-corrected chi connectivity index (χ2v) is 4.07. The van der Waals surface area contributed by atoms with Crippen LogP contribution in [-0.2, 0) is 10.3 Å². The standard InChI is InChI=1S/C11H12N4O2/c1-16-11(3-2-4-11)10-14-9(17-15-10)8-7-12-5-6-13-8/h5-7H,2-4H2,1H3. The first-order valence-electron chi connectivity index (χ1n) is 5.50. The van der Waals surface area contributed by atoms with E-state index in [4.69, 9.17) is 9.26 Å². The Hall–Kier alpha value is -1.82. The molecule has 0 amide bonds. The molecular formula is C11H12N4O2. The molecule has 0 unspecified atom stereocenters. The third kappa shape index (κ3) is 1.61. The number of aromatic nitrogens is 4. The van der Waals surface area contributed by atoms with Gasteiger partial charge in [-0.2, -0.15) is 4.98 Å². The predicted molar refractivity (Wildman–Crippen MR) is 57.9 cm³/mol. The lowest BCUT2D eigenvalue weighted by Crippen LogP contribution is -2.37. The smallest absolute Gasteiger partial charge is 0.278 e. The van der Waals surface area contributed by atoms with E-state index >= 15 is 0 Å². The lowest BCUT2D eigenvalue weighted by Gasteiger charge is -2.37. The Morgan fingerprint density at radius 1 is 1.35 bits per heavy atom. The van der Waals surface area contributed by atoms with Crippen LogP contribution in [0, 0.1) is 0 Å². The van der Waals surface area contributed by atoms with Crippen LogP contribution in [0.4, 0.5) is 0 Å². The highest BCUT2D eigenvalue weighted by Crippen LogP contribution is 2.43. The summed E-state index contributed by atoms with van der Waals surface area (Å²) in [4.78, 5) is 12.4. The molecule has 6 heteroatoms. The molecule has 0 aliphatic heterocycles. The molecule has 0 saturated heterocycles. The largest absolute Gasteiger partial charge is 0.370 e. The van der Waals surface area contributed by atoms with E-state index in [1.54, 1.807) is 25.7 Å². The lowest BCUT2D eigenvalue weighted by atomic mass is 9.79. The Labute approximate surface area is 98.0 Å². The van der Waals surface area contributed by atoms with Gasteiger partial charge in [0.25, 0.3) is 5.89 Å².